The van der Waals surface area contributed by atoms with E-state index in [0.717, 1.165) is 73.6 Å². The van der Waals surface area contributed by atoms with Crippen LogP contribution in [0.25, 0.3) is 11.1 Å². The van der Waals surface area contributed by atoms with Crippen LogP contribution in [-0.2, 0) is 16.1 Å². The molecule has 1 aromatic heterocycles. The highest BCUT2D eigenvalue weighted by molar-refractivity contribution is 6.30. The van der Waals surface area contributed by atoms with Gasteiger partial charge in [0.15, 0.2) is 0 Å². The van der Waals surface area contributed by atoms with Crippen molar-refractivity contribution in [3.63, 3.8) is 0 Å². The molecule has 1 saturated carbocycles. The van der Waals surface area contributed by atoms with Crippen LogP contribution in [0.3, 0.4) is 0 Å². The molecule has 0 amide bonds. The van der Waals surface area contributed by atoms with E-state index in [9.17, 15) is 4.79 Å². The van der Waals surface area contributed by atoms with E-state index in [4.69, 9.17) is 21.3 Å². The monoisotopic (exact) mass is 484 g/mol. The maximum absolute atomic E-state index is 12.3. The molecule has 1 N–H and O–H groups in total. The summed E-state index contributed by atoms with van der Waals surface area (Å²) in [5.74, 6) is 1.99. The van der Waals surface area contributed by atoms with Gasteiger partial charge >= 0.3 is 5.97 Å². The van der Waals surface area contributed by atoms with E-state index in [1.165, 1.54) is 5.56 Å². The molecular weight excluding hydrogens is 448 g/mol. The number of nitrogens with zero attached hydrogens (tertiary/aromatic N) is 3. The second-order valence-electron chi connectivity index (χ2n) is 10.6. The minimum atomic E-state index is -0.428. The van der Waals surface area contributed by atoms with E-state index in [2.05, 4.69) is 34.3 Å². The molecule has 6 nitrogen and oxygen atoms in total. The van der Waals surface area contributed by atoms with Crippen LogP contribution in [-0.4, -0.2) is 34.1 Å². The molecule has 1 fully saturated rings. The Morgan fingerprint density at radius 2 is 1.97 bits per heavy atom. The number of carbonyl (C=O) groups excluding carboxylic acids is 1. The highest BCUT2D eigenvalue weighted by Crippen LogP contribution is 2.42. The Balaban J connectivity index is 1.51. The zero-order valence-corrected chi connectivity index (χ0v) is 21.6. The molecule has 1 aromatic carbocycles. The molecule has 34 heavy (non-hydrogen) atoms. The van der Waals surface area contributed by atoms with Gasteiger partial charge in [-0.05, 0) is 82.1 Å². The van der Waals surface area contributed by atoms with Crippen molar-refractivity contribution in [2.75, 3.05) is 16.8 Å². The van der Waals surface area contributed by atoms with Crippen molar-refractivity contribution in [2.45, 2.75) is 90.8 Å². The number of unbranched alkanes of at least 4 members (excludes halogenated alkanes) is 1. The number of hydrogen-bond donors (Lipinski definition) is 1. The third kappa shape index (κ3) is 6.01. The first-order valence-corrected chi connectivity index (χ1v) is 13.0. The summed E-state index contributed by atoms with van der Waals surface area (Å²) in [6.07, 6.45) is 8.78. The molecule has 2 aromatic rings. The van der Waals surface area contributed by atoms with Gasteiger partial charge in [-0.15, -0.1) is 0 Å². The van der Waals surface area contributed by atoms with E-state index < -0.39 is 5.60 Å². The van der Waals surface area contributed by atoms with Gasteiger partial charge in [0.25, 0.3) is 0 Å². The number of ether oxygens (including phenoxy) is 1. The molecule has 7 heteroatoms. The average Bonchev–Trinajstić information content (AvgIpc) is 2.77. The first kappa shape index (κ1) is 24.8. The lowest BCUT2D eigenvalue weighted by atomic mass is 9.82. The Morgan fingerprint density at radius 1 is 1.21 bits per heavy atom. The maximum atomic E-state index is 12.3. The fourth-order valence-corrected chi connectivity index (χ4v) is 5.23. The number of halogens is 1. The van der Waals surface area contributed by atoms with Crippen LogP contribution in [0, 0.1) is 5.92 Å². The lowest BCUT2D eigenvalue weighted by Crippen LogP contribution is -2.40. The molecule has 2 aliphatic rings. The van der Waals surface area contributed by atoms with E-state index in [-0.39, 0.29) is 5.97 Å². The fraction of sp³-hybridized carbons (Fsp3) is 0.593. The predicted molar refractivity (Wildman–Crippen MR) is 138 cm³/mol. The van der Waals surface area contributed by atoms with E-state index in [1.54, 1.807) is 0 Å². The number of fused-ring (bicyclic) bond motifs is 3. The Kier molecular flexibility index (Phi) is 7.66. The van der Waals surface area contributed by atoms with Crippen molar-refractivity contribution in [3.8, 4) is 11.1 Å². The van der Waals surface area contributed by atoms with Gasteiger partial charge in [-0.3, -0.25) is 4.79 Å². The summed E-state index contributed by atoms with van der Waals surface area (Å²) in [4.78, 5) is 24.3. The molecule has 184 valence electrons. The van der Waals surface area contributed by atoms with Crippen LogP contribution in [0.15, 0.2) is 24.4 Å². The molecule has 0 spiro atoms. The predicted octanol–water partition coefficient (Wildman–Crippen LogP) is 6.62. The van der Waals surface area contributed by atoms with E-state index in [0.29, 0.717) is 24.3 Å². The third-order valence-corrected chi connectivity index (χ3v) is 6.92. The van der Waals surface area contributed by atoms with Gasteiger partial charge in [0.2, 0.25) is 5.95 Å². The molecule has 1 aliphatic carbocycles. The normalized spacial score (nSPS) is 19.9. The number of nitrogens with one attached hydrogen (secondary N) is 1. The van der Waals surface area contributed by atoms with Gasteiger partial charge in [0, 0.05) is 42.3 Å². The zero-order chi connectivity index (χ0) is 24.3. The third-order valence-electron chi connectivity index (χ3n) is 6.68. The molecule has 0 saturated heterocycles. The van der Waals surface area contributed by atoms with Crippen LogP contribution in [0.5, 0.6) is 0 Å². The molecular formula is C27H37ClN4O2. The second kappa shape index (κ2) is 10.5. The van der Waals surface area contributed by atoms with Crippen LogP contribution < -0.4 is 10.2 Å². The standard InChI is InChI=1S/C27H37ClN4O2/c1-5-6-13-29-26-30-16-23-22-12-9-20(28)15-19(22)17-32(25(23)31-26)21-10-7-18(8-11-21)14-24(33)34-27(2,3)4/h9,12,15-16,18,21H,5-8,10-11,13-14,17H2,1-4H3,(H,29,30,31). The number of carbonyl (C=O) groups is 1. The molecule has 0 unspecified atom stereocenters. The summed E-state index contributed by atoms with van der Waals surface area (Å²) < 4.78 is 5.55. The number of rotatable bonds is 7. The minimum absolute atomic E-state index is 0.0848. The van der Waals surface area contributed by atoms with Crippen LogP contribution in [0.2, 0.25) is 5.02 Å². The summed E-state index contributed by atoms with van der Waals surface area (Å²) in [7, 11) is 0. The Labute approximate surface area is 208 Å². The lowest BCUT2D eigenvalue weighted by Gasteiger charge is -2.41. The van der Waals surface area contributed by atoms with Gasteiger partial charge < -0.3 is 15.0 Å². The Morgan fingerprint density at radius 3 is 2.68 bits per heavy atom. The lowest BCUT2D eigenvalue weighted by molar-refractivity contribution is -0.156. The number of hydrogen-bond acceptors (Lipinski definition) is 6. The Bertz CT molecular complexity index is 1010. The van der Waals surface area contributed by atoms with Crippen molar-refractivity contribution in [2.24, 2.45) is 5.92 Å². The number of anilines is 2. The number of aromatic nitrogens is 2. The number of benzene rings is 1. The first-order chi connectivity index (χ1) is 16.2. The van der Waals surface area contributed by atoms with Gasteiger partial charge in [-0.1, -0.05) is 31.0 Å². The average molecular weight is 485 g/mol. The fourth-order valence-electron chi connectivity index (χ4n) is 5.04. The molecule has 0 radical (unpaired) electrons. The summed E-state index contributed by atoms with van der Waals surface area (Å²) in [6, 6.07) is 6.46. The van der Waals surface area contributed by atoms with Crippen molar-refractivity contribution in [3.05, 3.63) is 35.0 Å². The number of esters is 1. The Hall–Kier alpha value is -2.34. The minimum Gasteiger partial charge on any atom is -0.460 e. The van der Waals surface area contributed by atoms with Crippen LogP contribution in [0.1, 0.15) is 78.2 Å². The molecule has 1 aliphatic heterocycles. The first-order valence-electron chi connectivity index (χ1n) is 12.6. The second-order valence-corrected chi connectivity index (χ2v) is 11.0. The van der Waals surface area contributed by atoms with Crippen molar-refractivity contribution < 1.29 is 9.53 Å². The molecule has 4 rings (SSSR count). The smallest absolute Gasteiger partial charge is 0.306 e. The summed E-state index contributed by atoms with van der Waals surface area (Å²) in [5.41, 5.74) is 3.01. The van der Waals surface area contributed by atoms with Crippen LogP contribution in [0.4, 0.5) is 11.8 Å². The quantitative estimate of drug-likeness (QED) is 0.352. The maximum Gasteiger partial charge on any atom is 0.306 e. The van der Waals surface area contributed by atoms with Crippen molar-refractivity contribution in [1.82, 2.24) is 9.97 Å². The van der Waals surface area contributed by atoms with E-state index in [1.807, 2.05) is 33.0 Å². The molecule has 0 atom stereocenters. The zero-order valence-electron chi connectivity index (χ0n) is 20.9. The van der Waals surface area contributed by atoms with Crippen molar-refractivity contribution >= 4 is 29.3 Å². The van der Waals surface area contributed by atoms with Gasteiger partial charge in [0.05, 0.1) is 0 Å². The highest BCUT2D eigenvalue weighted by atomic mass is 35.5. The summed E-state index contributed by atoms with van der Waals surface area (Å²) >= 11 is 6.34. The van der Waals surface area contributed by atoms with Crippen molar-refractivity contribution in [1.29, 1.82) is 0 Å². The van der Waals surface area contributed by atoms with E-state index >= 15 is 0 Å². The summed E-state index contributed by atoms with van der Waals surface area (Å²) in [5, 5.41) is 4.13. The topological polar surface area (TPSA) is 67.4 Å². The van der Waals surface area contributed by atoms with Gasteiger partial charge in [0.1, 0.15) is 11.4 Å². The molecule has 0 bridgehead atoms. The SMILES string of the molecule is CCCCNc1ncc2c(n1)N(C1CCC(CC(=O)OC(C)(C)C)CC1)Cc1cc(Cl)ccc1-2. The van der Waals surface area contributed by atoms with Gasteiger partial charge in [-0.2, -0.15) is 4.98 Å². The highest BCUT2D eigenvalue weighted by Gasteiger charge is 2.33. The summed E-state index contributed by atoms with van der Waals surface area (Å²) in [6.45, 7) is 9.61. The molecule has 2 heterocycles. The van der Waals surface area contributed by atoms with Gasteiger partial charge in [-0.25, -0.2) is 4.98 Å². The largest absolute Gasteiger partial charge is 0.460 e. The van der Waals surface area contributed by atoms with Crippen LogP contribution >= 0.6 is 11.6 Å².